The van der Waals surface area contributed by atoms with E-state index in [0.717, 1.165) is 6.26 Å². The largest absolute Gasteiger partial charge is 0.493 e. The van der Waals surface area contributed by atoms with Gasteiger partial charge >= 0.3 is 0 Å². The van der Waals surface area contributed by atoms with Crippen molar-refractivity contribution in [2.45, 2.75) is 29.9 Å². The Balaban J connectivity index is 0.00000288. The number of aliphatic hydroxyl groups is 2. The van der Waals surface area contributed by atoms with Gasteiger partial charge in [-0.15, -0.1) is 12.4 Å². The fourth-order valence-corrected chi connectivity index (χ4v) is 3.86. The molecule has 24 heavy (non-hydrogen) atoms. The molecule has 0 saturated heterocycles. The quantitative estimate of drug-likeness (QED) is 0.765. The minimum absolute atomic E-state index is 0. The van der Waals surface area contributed by atoms with Crippen LogP contribution in [-0.2, 0) is 9.84 Å². The molecule has 1 fully saturated rings. The lowest BCUT2D eigenvalue weighted by atomic mass is 9.86. The number of nitrogens with zero attached hydrogens (tertiary/aromatic N) is 1. The van der Waals surface area contributed by atoms with Gasteiger partial charge in [0.25, 0.3) is 0 Å². The lowest BCUT2D eigenvalue weighted by molar-refractivity contribution is 0.0438. The van der Waals surface area contributed by atoms with Gasteiger partial charge in [-0.1, -0.05) is 0 Å². The average Bonchev–Trinajstić information content (AvgIpc) is 2.70. The Kier molecular flexibility index (Phi) is 7.07. The summed E-state index contributed by atoms with van der Waals surface area (Å²) in [5.74, 6) is 0.575. The molecule has 1 unspecified atom stereocenters. The first-order chi connectivity index (χ1) is 10.6. The van der Waals surface area contributed by atoms with Crippen molar-refractivity contribution in [3.8, 4) is 5.75 Å². The Labute approximate surface area is 149 Å². The third-order valence-electron chi connectivity index (χ3n) is 4.18. The van der Waals surface area contributed by atoms with E-state index < -0.39 is 22.0 Å². The summed E-state index contributed by atoms with van der Waals surface area (Å²) in [7, 11) is 0.667. The standard InChI is InChI=1S/C16H25NO5S.ClH/c1-17(2)10-16(8-14(18)15(19)9-16)11-22-12-4-6-13(7-5-12)23(3,20)21;/h4-7,14-15,18-19H,8-11H2,1-3H3;1H/t14-,15+,16?;. The van der Waals surface area contributed by atoms with Gasteiger partial charge in [0.15, 0.2) is 9.84 Å². The summed E-state index contributed by atoms with van der Waals surface area (Å²) < 4.78 is 28.7. The molecule has 6 nitrogen and oxygen atoms in total. The molecule has 0 amide bonds. The van der Waals surface area contributed by atoms with Crippen molar-refractivity contribution in [1.82, 2.24) is 4.90 Å². The maximum absolute atomic E-state index is 11.5. The Bertz CT molecular complexity index is 617. The molecule has 0 radical (unpaired) electrons. The van der Waals surface area contributed by atoms with E-state index in [0.29, 0.717) is 31.7 Å². The molecule has 1 aliphatic rings. The summed E-state index contributed by atoms with van der Waals surface area (Å²) in [6.45, 7) is 1.06. The Hall–Kier alpha value is -0.860. The Morgan fingerprint density at radius 3 is 2.08 bits per heavy atom. The van der Waals surface area contributed by atoms with E-state index in [1.54, 1.807) is 12.1 Å². The van der Waals surface area contributed by atoms with Gasteiger partial charge in [-0.2, -0.15) is 0 Å². The first-order valence-corrected chi connectivity index (χ1v) is 9.44. The van der Waals surface area contributed by atoms with E-state index in [-0.39, 0.29) is 22.7 Å². The van der Waals surface area contributed by atoms with Crippen molar-refractivity contribution >= 4 is 22.2 Å². The monoisotopic (exact) mass is 379 g/mol. The SMILES string of the molecule is CN(C)CC1(COc2ccc(S(C)(=O)=O)cc2)C[C@@H](O)[C@@H](O)C1.Cl. The highest BCUT2D eigenvalue weighted by atomic mass is 35.5. The maximum atomic E-state index is 11.5. The molecular formula is C16H26ClNO5S. The summed E-state index contributed by atoms with van der Waals surface area (Å²) >= 11 is 0. The highest BCUT2D eigenvalue weighted by Crippen LogP contribution is 2.39. The molecule has 1 saturated carbocycles. The van der Waals surface area contributed by atoms with Crippen LogP contribution in [0.15, 0.2) is 29.2 Å². The molecule has 0 aromatic heterocycles. The average molecular weight is 380 g/mol. The molecule has 1 aliphatic carbocycles. The number of benzene rings is 1. The fourth-order valence-electron chi connectivity index (χ4n) is 3.23. The molecule has 0 heterocycles. The van der Waals surface area contributed by atoms with Crippen molar-refractivity contribution < 1.29 is 23.4 Å². The number of ether oxygens (including phenoxy) is 1. The molecule has 0 spiro atoms. The van der Waals surface area contributed by atoms with Crippen molar-refractivity contribution in [3.05, 3.63) is 24.3 Å². The predicted molar refractivity (Wildman–Crippen MR) is 94.5 cm³/mol. The molecular weight excluding hydrogens is 354 g/mol. The number of rotatable bonds is 6. The maximum Gasteiger partial charge on any atom is 0.175 e. The van der Waals surface area contributed by atoms with Crippen LogP contribution in [0.5, 0.6) is 5.75 Å². The molecule has 1 aromatic rings. The number of sulfone groups is 1. The highest BCUT2D eigenvalue weighted by Gasteiger charge is 2.45. The first-order valence-electron chi connectivity index (χ1n) is 7.55. The van der Waals surface area contributed by atoms with Crippen molar-refractivity contribution in [1.29, 1.82) is 0 Å². The summed E-state index contributed by atoms with van der Waals surface area (Å²) in [6, 6.07) is 6.28. The zero-order chi connectivity index (χ0) is 17.3. The molecule has 138 valence electrons. The smallest absolute Gasteiger partial charge is 0.175 e. The van der Waals surface area contributed by atoms with Crippen LogP contribution in [0.25, 0.3) is 0 Å². The van der Waals surface area contributed by atoms with E-state index in [4.69, 9.17) is 4.74 Å². The van der Waals surface area contributed by atoms with Gasteiger partial charge in [-0.3, -0.25) is 0 Å². The minimum Gasteiger partial charge on any atom is -0.493 e. The van der Waals surface area contributed by atoms with Gasteiger partial charge in [-0.25, -0.2) is 8.42 Å². The van der Waals surface area contributed by atoms with Crippen LogP contribution in [0, 0.1) is 5.41 Å². The molecule has 3 atom stereocenters. The van der Waals surface area contributed by atoms with Crippen molar-refractivity contribution in [2.75, 3.05) is 33.5 Å². The normalized spacial score (nSPS) is 27.1. The fraction of sp³-hybridized carbons (Fsp3) is 0.625. The summed E-state index contributed by atoms with van der Waals surface area (Å²) in [4.78, 5) is 2.26. The molecule has 0 bridgehead atoms. The molecule has 2 rings (SSSR count). The van der Waals surface area contributed by atoms with Crippen molar-refractivity contribution in [2.24, 2.45) is 5.41 Å². The van der Waals surface area contributed by atoms with E-state index in [9.17, 15) is 18.6 Å². The van der Waals surface area contributed by atoms with E-state index in [2.05, 4.69) is 0 Å². The molecule has 0 aliphatic heterocycles. The molecule has 1 aromatic carbocycles. The topological polar surface area (TPSA) is 87.1 Å². The molecule has 2 N–H and O–H groups in total. The van der Waals surface area contributed by atoms with Crippen LogP contribution in [-0.4, -0.2) is 69.2 Å². The third kappa shape index (κ3) is 5.32. The first kappa shape index (κ1) is 21.2. The van der Waals surface area contributed by atoms with Crippen LogP contribution >= 0.6 is 12.4 Å². The second-order valence-corrected chi connectivity index (χ2v) is 8.83. The zero-order valence-electron chi connectivity index (χ0n) is 14.2. The highest BCUT2D eigenvalue weighted by molar-refractivity contribution is 7.90. The van der Waals surface area contributed by atoms with Gasteiger partial charge in [0.05, 0.1) is 23.7 Å². The van der Waals surface area contributed by atoms with Crippen LogP contribution in [0.1, 0.15) is 12.8 Å². The van der Waals surface area contributed by atoms with E-state index >= 15 is 0 Å². The van der Waals surface area contributed by atoms with Crippen LogP contribution in [0.4, 0.5) is 0 Å². The lowest BCUT2D eigenvalue weighted by Gasteiger charge is -2.31. The van der Waals surface area contributed by atoms with Gasteiger partial charge < -0.3 is 19.8 Å². The lowest BCUT2D eigenvalue weighted by Crippen LogP contribution is -2.37. The number of hydrogen-bond donors (Lipinski definition) is 2. The van der Waals surface area contributed by atoms with E-state index in [1.165, 1.54) is 12.1 Å². The van der Waals surface area contributed by atoms with Gasteiger partial charge in [0.1, 0.15) is 5.75 Å². The van der Waals surface area contributed by atoms with Gasteiger partial charge in [-0.05, 0) is 51.2 Å². The summed E-state index contributed by atoms with van der Waals surface area (Å²) in [5, 5.41) is 19.8. The van der Waals surface area contributed by atoms with E-state index in [1.807, 2.05) is 19.0 Å². The third-order valence-corrected chi connectivity index (χ3v) is 5.31. The summed E-state index contributed by atoms with van der Waals surface area (Å²) in [6.07, 6.45) is 0.662. The zero-order valence-corrected chi connectivity index (χ0v) is 15.8. The number of hydrogen-bond acceptors (Lipinski definition) is 6. The van der Waals surface area contributed by atoms with Crippen LogP contribution in [0.3, 0.4) is 0 Å². The Morgan fingerprint density at radius 1 is 1.17 bits per heavy atom. The van der Waals surface area contributed by atoms with Gasteiger partial charge in [0, 0.05) is 18.2 Å². The summed E-state index contributed by atoms with van der Waals surface area (Å²) in [5.41, 5.74) is -0.322. The molecule has 8 heteroatoms. The van der Waals surface area contributed by atoms with Crippen molar-refractivity contribution in [3.63, 3.8) is 0 Å². The number of aliphatic hydroxyl groups excluding tert-OH is 2. The predicted octanol–water partition coefficient (Wildman–Crippen LogP) is 0.954. The van der Waals surface area contributed by atoms with Crippen LogP contribution < -0.4 is 4.74 Å². The Morgan fingerprint density at radius 2 is 1.67 bits per heavy atom. The number of halogens is 1. The van der Waals surface area contributed by atoms with Crippen LogP contribution in [0.2, 0.25) is 0 Å². The minimum atomic E-state index is -3.22. The second-order valence-electron chi connectivity index (χ2n) is 6.81. The second kappa shape index (κ2) is 8.01. The van der Waals surface area contributed by atoms with Gasteiger partial charge in [0.2, 0.25) is 0 Å².